The lowest BCUT2D eigenvalue weighted by atomic mass is 10.2. The maximum atomic E-state index is 11.0. The van der Waals surface area contributed by atoms with Crippen molar-refractivity contribution in [2.24, 2.45) is 0 Å². The van der Waals surface area contributed by atoms with Crippen LogP contribution in [-0.2, 0) is 16.4 Å². The second-order valence-electron chi connectivity index (χ2n) is 4.12. The molecule has 0 fully saturated rings. The van der Waals surface area contributed by atoms with Crippen LogP contribution in [0.5, 0.6) is 5.75 Å². The molecule has 0 atom stereocenters. The Morgan fingerprint density at radius 1 is 1.39 bits per heavy atom. The van der Waals surface area contributed by atoms with Gasteiger partial charge in [-0.3, -0.25) is 0 Å². The van der Waals surface area contributed by atoms with Crippen LogP contribution in [0.15, 0.2) is 22.7 Å². The first-order valence-corrected chi connectivity index (χ1v) is 8.48. The minimum Gasteiger partial charge on any atom is -0.497 e. The van der Waals surface area contributed by atoms with E-state index in [0.717, 1.165) is 15.8 Å². The molecule has 0 bridgehead atoms. The molecule has 18 heavy (non-hydrogen) atoms. The standard InChI is InChI=1S/C12H18BrNO3S/c1-17-11-4-5-12(13)10(8-11)9-14-6-3-7-18(2,15)16/h4-5,8,14H,3,6-7,9H2,1-2H3. The molecule has 0 unspecified atom stereocenters. The normalized spacial score (nSPS) is 11.5. The highest BCUT2D eigenvalue weighted by molar-refractivity contribution is 9.10. The van der Waals surface area contributed by atoms with E-state index in [1.165, 1.54) is 6.26 Å². The van der Waals surface area contributed by atoms with Gasteiger partial charge in [0.25, 0.3) is 0 Å². The molecular formula is C12H18BrNO3S. The van der Waals surface area contributed by atoms with E-state index in [1.54, 1.807) is 7.11 Å². The molecule has 6 heteroatoms. The van der Waals surface area contributed by atoms with E-state index in [0.29, 0.717) is 19.5 Å². The summed E-state index contributed by atoms with van der Waals surface area (Å²) in [7, 11) is -1.23. The van der Waals surface area contributed by atoms with Crippen LogP contribution in [0.1, 0.15) is 12.0 Å². The molecule has 1 aromatic rings. The predicted molar refractivity (Wildman–Crippen MR) is 76.7 cm³/mol. The Bertz CT molecular complexity index is 488. The SMILES string of the molecule is COc1ccc(Br)c(CNCCCS(C)(=O)=O)c1. The minimum absolute atomic E-state index is 0.222. The Kier molecular flexibility index (Phi) is 6.11. The number of methoxy groups -OCH3 is 1. The number of ether oxygens (including phenoxy) is 1. The number of rotatable bonds is 7. The zero-order valence-corrected chi connectivity index (χ0v) is 13.0. The molecule has 0 saturated carbocycles. The van der Waals surface area contributed by atoms with Crippen molar-refractivity contribution in [1.82, 2.24) is 5.32 Å². The Balaban J connectivity index is 2.39. The zero-order valence-electron chi connectivity index (χ0n) is 10.6. The lowest BCUT2D eigenvalue weighted by Crippen LogP contribution is -2.18. The lowest BCUT2D eigenvalue weighted by Gasteiger charge is -2.08. The summed E-state index contributed by atoms with van der Waals surface area (Å²) in [5.74, 6) is 1.03. The maximum absolute atomic E-state index is 11.0. The van der Waals surface area contributed by atoms with Crippen LogP contribution in [0, 0.1) is 0 Å². The van der Waals surface area contributed by atoms with Crippen molar-refractivity contribution >= 4 is 25.8 Å². The summed E-state index contributed by atoms with van der Waals surface area (Å²) < 4.78 is 28.1. The van der Waals surface area contributed by atoms with Crippen LogP contribution in [0.25, 0.3) is 0 Å². The van der Waals surface area contributed by atoms with E-state index >= 15 is 0 Å². The lowest BCUT2D eigenvalue weighted by molar-refractivity contribution is 0.414. The highest BCUT2D eigenvalue weighted by Gasteiger charge is 2.03. The average Bonchev–Trinajstić information content (AvgIpc) is 2.29. The van der Waals surface area contributed by atoms with Crippen LogP contribution in [0.4, 0.5) is 0 Å². The van der Waals surface area contributed by atoms with E-state index in [-0.39, 0.29) is 5.75 Å². The quantitative estimate of drug-likeness (QED) is 0.774. The van der Waals surface area contributed by atoms with Crippen LogP contribution in [-0.4, -0.2) is 34.1 Å². The summed E-state index contributed by atoms with van der Waals surface area (Å²) >= 11 is 3.47. The largest absolute Gasteiger partial charge is 0.497 e. The molecule has 0 aliphatic heterocycles. The highest BCUT2D eigenvalue weighted by Crippen LogP contribution is 2.22. The summed E-state index contributed by atoms with van der Waals surface area (Å²) in [4.78, 5) is 0. The molecule has 0 aliphatic carbocycles. The molecule has 1 aromatic carbocycles. The predicted octanol–water partition coefficient (Wildman–Crippen LogP) is 1.98. The molecule has 0 spiro atoms. The molecule has 0 aliphatic rings. The topological polar surface area (TPSA) is 55.4 Å². The third-order valence-corrected chi connectivity index (χ3v) is 4.24. The van der Waals surface area contributed by atoms with Gasteiger partial charge in [0.15, 0.2) is 0 Å². The van der Waals surface area contributed by atoms with Gasteiger partial charge in [-0.2, -0.15) is 0 Å². The number of hydrogen-bond donors (Lipinski definition) is 1. The van der Waals surface area contributed by atoms with E-state index in [2.05, 4.69) is 21.2 Å². The summed E-state index contributed by atoms with van der Waals surface area (Å²) in [6, 6.07) is 5.78. The fourth-order valence-corrected chi connectivity index (χ4v) is 2.55. The van der Waals surface area contributed by atoms with Crippen molar-refractivity contribution in [2.75, 3.05) is 25.7 Å². The van der Waals surface area contributed by atoms with Crippen molar-refractivity contribution in [2.45, 2.75) is 13.0 Å². The second kappa shape index (κ2) is 7.11. The summed E-state index contributed by atoms with van der Waals surface area (Å²) in [6.07, 6.45) is 1.88. The van der Waals surface area contributed by atoms with Crippen LogP contribution in [0.3, 0.4) is 0 Å². The van der Waals surface area contributed by atoms with E-state index in [1.807, 2.05) is 18.2 Å². The van der Waals surface area contributed by atoms with Crippen molar-refractivity contribution < 1.29 is 13.2 Å². The summed E-state index contributed by atoms with van der Waals surface area (Å²) in [6.45, 7) is 1.36. The Hall–Kier alpha value is -0.590. The fourth-order valence-electron chi connectivity index (χ4n) is 1.50. The Morgan fingerprint density at radius 2 is 2.11 bits per heavy atom. The van der Waals surface area contributed by atoms with Gasteiger partial charge in [0, 0.05) is 17.3 Å². The molecule has 1 N–H and O–H groups in total. The summed E-state index contributed by atoms with van der Waals surface area (Å²) in [5.41, 5.74) is 1.09. The molecule has 4 nitrogen and oxygen atoms in total. The third-order valence-electron chi connectivity index (χ3n) is 2.44. The van der Waals surface area contributed by atoms with Crippen molar-refractivity contribution in [3.05, 3.63) is 28.2 Å². The van der Waals surface area contributed by atoms with Crippen LogP contribution >= 0.6 is 15.9 Å². The molecule has 0 heterocycles. The summed E-state index contributed by atoms with van der Waals surface area (Å²) in [5, 5.41) is 3.22. The van der Waals surface area contributed by atoms with Gasteiger partial charge in [0.1, 0.15) is 15.6 Å². The van der Waals surface area contributed by atoms with Gasteiger partial charge in [0.05, 0.1) is 12.9 Å². The van der Waals surface area contributed by atoms with E-state index < -0.39 is 9.84 Å². The number of sulfone groups is 1. The number of hydrogen-bond acceptors (Lipinski definition) is 4. The van der Waals surface area contributed by atoms with E-state index in [9.17, 15) is 8.42 Å². The van der Waals surface area contributed by atoms with Crippen LogP contribution in [0.2, 0.25) is 0 Å². The fraction of sp³-hybridized carbons (Fsp3) is 0.500. The van der Waals surface area contributed by atoms with Gasteiger partial charge in [-0.25, -0.2) is 8.42 Å². The zero-order chi connectivity index (χ0) is 13.6. The molecule has 1 rings (SSSR count). The maximum Gasteiger partial charge on any atom is 0.147 e. The number of nitrogens with one attached hydrogen (secondary N) is 1. The van der Waals surface area contributed by atoms with E-state index in [4.69, 9.17) is 4.74 Å². The van der Waals surface area contributed by atoms with Crippen LogP contribution < -0.4 is 10.1 Å². The Morgan fingerprint density at radius 3 is 2.72 bits per heavy atom. The van der Waals surface area contributed by atoms with Gasteiger partial charge >= 0.3 is 0 Å². The van der Waals surface area contributed by atoms with Gasteiger partial charge in [-0.15, -0.1) is 0 Å². The van der Waals surface area contributed by atoms with Crippen molar-refractivity contribution in [3.63, 3.8) is 0 Å². The van der Waals surface area contributed by atoms with Gasteiger partial charge in [-0.1, -0.05) is 15.9 Å². The number of halogens is 1. The molecule has 0 saturated heterocycles. The van der Waals surface area contributed by atoms with Gasteiger partial charge in [-0.05, 0) is 36.7 Å². The molecule has 0 amide bonds. The van der Waals surface area contributed by atoms with Gasteiger partial charge in [0.2, 0.25) is 0 Å². The highest BCUT2D eigenvalue weighted by atomic mass is 79.9. The minimum atomic E-state index is -2.86. The third kappa shape index (κ3) is 5.84. The first kappa shape index (κ1) is 15.5. The molecular weight excluding hydrogens is 318 g/mol. The first-order valence-electron chi connectivity index (χ1n) is 5.63. The first-order chi connectivity index (χ1) is 8.42. The number of benzene rings is 1. The van der Waals surface area contributed by atoms with Crippen molar-refractivity contribution in [3.8, 4) is 5.75 Å². The molecule has 0 radical (unpaired) electrons. The smallest absolute Gasteiger partial charge is 0.147 e. The second-order valence-corrected chi connectivity index (χ2v) is 7.23. The molecule has 102 valence electrons. The monoisotopic (exact) mass is 335 g/mol. The molecule has 0 aromatic heterocycles. The van der Waals surface area contributed by atoms with Crippen molar-refractivity contribution in [1.29, 1.82) is 0 Å². The Labute approximate surface area is 117 Å². The average molecular weight is 336 g/mol. The van der Waals surface area contributed by atoms with Gasteiger partial charge < -0.3 is 10.1 Å².